The molecule has 48 heavy (non-hydrogen) atoms. The van der Waals surface area contributed by atoms with E-state index in [4.69, 9.17) is 24.9 Å². The van der Waals surface area contributed by atoms with E-state index in [9.17, 15) is 9.18 Å². The molecule has 4 aliphatic rings. The number of aromatic nitrogens is 3. The lowest BCUT2D eigenvalue weighted by atomic mass is 9.91. The van der Waals surface area contributed by atoms with Crippen LogP contribution in [0.15, 0.2) is 53.9 Å². The molecule has 10 nitrogen and oxygen atoms in total. The number of hydrogen-bond donors (Lipinski definition) is 1. The molecule has 0 bridgehead atoms. The molecule has 2 N–H and O–H groups in total. The zero-order chi connectivity index (χ0) is 32.7. The maximum atomic E-state index is 17.4. The first-order valence-corrected chi connectivity index (χ1v) is 17.2. The minimum Gasteiger partial charge on any atom is -0.472 e. The number of nitrogen functional groups attached to an aromatic ring is 1. The summed E-state index contributed by atoms with van der Waals surface area (Å²) in [6, 6.07) is 6.58. The Morgan fingerprint density at radius 3 is 2.71 bits per heavy atom. The Labute approximate surface area is 278 Å². The number of likely N-dealkylation sites (tertiary alicyclic amines) is 1. The third-order valence-electron chi connectivity index (χ3n) is 10.8. The Balaban J connectivity index is 1.23. The van der Waals surface area contributed by atoms with Gasteiger partial charge < -0.3 is 24.7 Å². The van der Waals surface area contributed by atoms with Gasteiger partial charge in [-0.3, -0.25) is 9.69 Å². The topological polar surface area (TPSA) is 114 Å². The van der Waals surface area contributed by atoms with Gasteiger partial charge >= 0.3 is 6.01 Å². The van der Waals surface area contributed by atoms with Gasteiger partial charge in [0.05, 0.1) is 40.4 Å². The number of halogens is 2. The minimum absolute atomic E-state index is 0.00779. The highest BCUT2D eigenvalue weighted by molar-refractivity contribution is 7.22. The second kappa shape index (κ2) is 11.0. The number of nitrogens with two attached hydrogens (primary N) is 1. The van der Waals surface area contributed by atoms with Crippen LogP contribution in [0.25, 0.3) is 43.4 Å². The zero-order valence-corrected chi connectivity index (χ0v) is 26.9. The largest absolute Gasteiger partial charge is 0.472 e. The molecule has 2 aromatic carbocycles. The Bertz CT molecular complexity index is 2110. The maximum Gasteiger partial charge on any atom is 0.319 e. The fourth-order valence-corrected chi connectivity index (χ4v) is 9.26. The van der Waals surface area contributed by atoms with Crippen LogP contribution < -0.4 is 15.4 Å². The lowest BCUT2D eigenvalue weighted by Crippen LogP contribution is -2.63. The number of carbonyl (C=O) groups excluding carboxylic acids is 1. The van der Waals surface area contributed by atoms with Crippen molar-refractivity contribution < 1.29 is 22.7 Å². The number of hydrogen-bond acceptors (Lipinski definition) is 10. The van der Waals surface area contributed by atoms with E-state index >= 15 is 4.39 Å². The Kier molecular flexibility index (Phi) is 6.74. The molecule has 2 atom stereocenters. The monoisotopic (exact) mass is 669 g/mol. The van der Waals surface area contributed by atoms with Crippen molar-refractivity contribution in [2.45, 2.75) is 49.7 Å². The molecule has 0 aliphatic carbocycles. The first-order valence-electron chi connectivity index (χ1n) is 16.3. The highest BCUT2D eigenvalue weighted by atomic mass is 32.1. The molecule has 5 aromatic rings. The fourth-order valence-electron chi connectivity index (χ4n) is 8.49. The van der Waals surface area contributed by atoms with Gasteiger partial charge in [0.15, 0.2) is 10.9 Å². The Morgan fingerprint density at radius 2 is 1.94 bits per heavy atom. The van der Waals surface area contributed by atoms with Crippen molar-refractivity contribution in [2.24, 2.45) is 0 Å². The smallest absolute Gasteiger partial charge is 0.319 e. The summed E-state index contributed by atoms with van der Waals surface area (Å²) in [5.74, 6) is -0.629. The van der Waals surface area contributed by atoms with Gasteiger partial charge in [-0.2, -0.15) is 9.97 Å². The molecular formula is C35H33F2N7O3S. The summed E-state index contributed by atoms with van der Waals surface area (Å²) in [5.41, 5.74) is 8.07. The molecule has 0 spiro atoms. The van der Waals surface area contributed by atoms with E-state index in [-0.39, 0.29) is 56.0 Å². The molecule has 4 aliphatic heterocycles. The molecule has 13 heteroatoms. The van der Waals surface area contributed by atoms with Crippen LogP contribution in [0.3, 0.4) is 0 Å². The van der Waals surface area contributed by atoms with Gasteiger partial charge in [-0.05, 0) is 81.1 Å². The van der Waals surface area contributed by atoms with Gasteiger partial charge in [0.25, 0.3) is 0 Å². The Morgan fingerprint density at radius 1 is 1.10 bits per heavy atom. The lowest BCUT2D eigenvalue weighted by molar-refractivity contribution is -0.127. The molecular weight excluding hydrogens is 636 g/mol. The van der Waals surface area contributed by atoms with Gasteiger partial charge in [-0.1, -0.05) is 17.9 Å². The van der Waals surface area contributed by atoms with E-state index in [1.165, 1.54) is 24.5 Å². The van der Waals surface area contributed by atoms with Gasteiger partial charge in [-0.15, -0.1) is 0 Å². The predicted octanol–water partition coefficient (Wildman–Crippen LogP) is 6.01. The quantitative estimate of drug-likeness (QED) is 0.208. The molecule has 0 saturated carbocycles. The second-order valence-electron chi connectivity index (χ2n) is 13.2. The Hall–Kier alpha value is -4.62. The molecule has 4 fully saturated rings. The van der Waals surface area contributed by atoms with Gasteiger partial charge in [0.1, 0.15) is 23.8 Å². The fraction of sp³-hybridized carbons (Fsp3) is 0.371. The molecule has 7 heterocycles. The predicted molar refractivity (Wildman–Crippen MR) is 180 cm³/mol. The molecule has 9 rings (SSSR count). The highest BCUT2D eigenvalue weighted by Gasteiger charge is 2.50. The third-order valence-corrected chi connectivity index (χ3v) is 11.7. The number of furan rings is 1. The number of rotatable bonds is 7. The van der Waals surface area contributed by atoms with Crippen LogP contribution >= 0.6 is 11.3 Å². The lowest BCUT2D eigenvalue weighted by Gasteiger charge is -2.47. The number of ether oxygens (including phenoxy) is 1. The number of anilines is 2. The zero-order valence-electron chi connectivity index (χ0n) is 26.1. The van der Waals surface area contributed by atoms with E-state index in [1.807, 2.05) is 11.0 Å². The summed E-state index contributed by atoms with van der Waals surface area (Å²) in [7, 11) is 0. The summed E-state index contributed by atoms with van der Waals surface area (Å²) in [5, 5.41) is 0.687. The molecule has 1 amide bonds. The average Bonchev–Trinajstić information content (AvgIpc) is 3.90. The van der Waals surface area contributed by atoms with Crippen molar-refractivity contribution in [2.75, 3.05) is 43.4 Å². The molecule has 246 valence electrons. The van der Waals surface area contributed by atoms with Crippen LogP contribution in [0, 0.1) is 11.6 Å². The molecule has 4 saturated heterocycles. The number of nitrogens with zero attached hydrogens (tertiary/aromatic N) is 6. The number of amides is 1. The van der Waals surface area contributed by atoms with Crippen molar-refractivity contribution in [3.05, 3.63) is 61.1 Å². The van der Waals surface area contributed by atoms with Crippen molar-refractivity contribution >= 4 is 49.3 Å². The molecule has 3 aromatic heterocycles. The van der Waals surface area contributed by atoms with Gasteiger partial charge in [0, 0.05) is 35.2 Å². The van der Waals surface area contributed by atoms with Crippen LogP contribution in [0.4, 0.5) is 19.7 Å². The van der Waals surface area contributed by atoms with E-state index in [1.54, 1.807) is 12.3 Å². The van der Waals surface area contributed by atoms with Crippen molar-refractivity contribution in [3.8, 4) is 28.3 Å². The van der Waals surface area contributed by atoms with Gasteiger partial charge in [-0.25, -0.2) is 13.8 Å². The first-order chi connectivity index (χ1) is 23.3. The summed E-state index contributed by atoms with van der Waals surface area (Å²) in [6.07, 6.45) is 9.48. The third kappa shape index (κ3) is 4.36. The van der Waals surface area contributed by atoms with Crippen LogP contribution in [-0.2, 0) is 4.79 Å². The number of fused-ring (bicyclic) bond motifs is 4. The second-order valence-corrected chi connectivity index (χ2v) is 14.2. The van der Waals surface area contributed by atoms with Crippen molar-refractivity contribution in [3.63, 3.8) is 0 Å². The number of carbonyl (C=O) groups is 1. The van der Waals surface area contributed by atoms with E-state index in [0.717, 1.165) is 56.5 Å². The summed E-state index contributed by atoms with van der Waals surface area (Å²) in [6.45, 7) is 7.33. The summed E-state index contributed by atoms with van der Waals surface area (Å²) < 4.78 is 44.4. The van der Waals surface area contributed by atoms with E-state index in [2.05, 4.69) is 21.4 Å². The minimum atomic E-state index is -0.606. The SMILES string of the molecule is C=CC(=O)N1CC[C@@H]2[C@H]1CN2c1nc(OCC23CCCN2CCC3)nc2c(F)c(-c3ccc(F)c4sc(N)nc34)c(-c3ccoc3)cc12. The van der Waals surface area contributed by atoms with Crippen molar-refractivity contribution in [1.29, 1.82) is 0 Å². The molecule has 0 radical (unpaired) electrons. The van der Waals surface area contributed by atoms with Gasteiger partial charge in [0.2, 0.25) is 5.91 Å². The average molecular weight is 670 g/mol. The van der Waals surface area contributed by atoms with E-state index < -0.39 is 11.6 Å². The highest BCUT2D eigenvalue weighted by Crippen LogP contribution is 2.47. The molecule has 0 unspecified atom stereocenters. The maximum absolute atomic E-state index is 17.4. The van der Waals surface area contributed by atoms with Crippen LogP contribution in [0.5, 0.6) is 6.01 Å². The number of benzene rings is 2. The standard InChI is InChI=1S/C35H33F2N7O3S/c1-2-26(45)43-13-7-24-25(43)16-44(24)32-22-15-21(19-8-14-46-17-19)27(20-5-6-23(36)31-30(20)39-33(38)48-31)28(37)29(22)40-34(41-32)47-18-35-9-3-11-42(35)12-4-10-35/h2,5-6,8,14-15,17,24-25H,1,3-4,7,9-13,16,18H2,(H2,38,39)/t24-,25-/m1/s1. The van der Waals surface area contributed by atoms with Crippen molar-refractivity contribution in [1.82, 2.24) is 24.8 Å². The number of thiazole rings is 1. The first kappa shape index (κ1) is 29.5. The normalized spacial score (nSPS) is 21.5. The van der Waals surface area contributed by atoms with E-state index in [0.29, 0.717) is 47.6 Å². The summed E-state index contributed by atoms with van der Waals surface area (Å²) >= 11 is 1.02. The summed E-state index contributed by atoms with van der Waals surface area (Å²) in [4.78, 5) is 33.1. The van der Waals surface area contributed by atoms with Crippen LogP contribution in [0.2, 0.25) is 0 Å². The van der Waals surface area contributed by atoms with Crippen LogP contribution in [-0.4, -0.2) is 81.1 Å². The van der Waals surface area contributed by atoms with Crippen LogP contribution in [0.1, 0.15) is 32.1 Å².